The average molecular weight is 356 g/mol. The van der Waals surface area contributed by atoms with E-state index in [2.05, 4.69) is 15.5 Å². The first-order chi connectivity index (χ1) is 12.0. The van der Waals surface area contributed by atoms with Crippen molar-refractivity contribution < 1.29 is 13.2 Å². The first-order valence-electron chi connectivity index (χ1n) is 7.42. The van der Waals surface area contributed by atoms with E-state index in [0.29, 0.717) is 16.9 Å². The summed E-state index contributed by atoms with van der Waals surface area (Å²) in [4.78, 5) is 12.2. The Bertz CT molecular complexity index is 953. The van der Waals surface area contributed by atoms with E-state index in [1.807, 2.05) is 6.07 Å². The molecule has 0 radical (unpaired) electrons. The second-order valence-electron chi connectivity index (χ2n) is 5.27. The van der Waals surface area contributed by atoms with E-state index in [-0.39, 0.29) is 10.8 Å². The molecule has 25 heavy (non-hydrogen) atoms. The first kappa shape index (κ1) is 16.7. The quantitative estimate of drug-likeness (QED) is 0.734. The number of hydrogen-bond acceptors (Lipinski definition) is 4. The lowest BCUT2D eigenvalue weighted by Gasteiger charge is -2.19. The smallest absolute Gasteiger partial charge is 0.264 e. The second kappa shape index (κ2) is 6.78. The summed E-state index contributed by atoms with van der Waals surface area (Å²) in [5.74, 6) is -0.346. The summed E-state index contributed by atoms with van der Waals surface area (Å²) in [6, 6.07) is 14.6. The fraction of sp³-hybridized carbons (Fsp3) is 0.0588. The van der Waals surface area contributed by atoms with Gasteiger partial charge >= 0.3 is 0 Å². The molecule has 0 aliphatic carbocycles. The molecule has 0 aliphatic rings. The van der Waals surface area contributed by atoms with Crippen LogP contribution in [0.15, 0.2) is 71.9 Å². The highest BCUT2D eigenvalue weighted by molar-refractivity contribution is 7.92. The van der Waals surface area contributed by atoms with Gasteiger partial charge in [0.05, 0.1) is 22.5 Å². The number of carbonyl (C=O) groups is 1. The van der Waals surface area contributed by atoms with Gasteiger partial charge in [0.15, 0.2) is 0 Å². The lowest BCUT2D eigenvalue weighted by Crippen LogP contribution is -2.26. The number of amides is 1. The van der Waals surface area contributed by atoms with Gasteiger partial charge in [-0.15, -0.1) is 0 Å². The van der Waals surface area contributed by atoms with Gasteiger partial charge in [0.25, 0.3) is 15.9 Å². The zero-order chi connectivity index (χ0) is 17.9. The van der Waals surface area contributed by atoms with Crippen molar-refractivity contribution >= 4 is 27.3 Å². The summed E-state index contributed by atoms with van der Waals surface area (Å²) in [6.07, 6.45) is 3.02. The number of hydrogen-bond donors (Lipinski definition) is 2. The molecule has 2 N–H and O–H groups in total. The Balaban J connectivity index is 1.80. The third-order valence-electron chi connectivity index (χ3n) is 3.65. The van der Waals surface area contributed by atoms with E-state index >= 15 is 0 Å². The van der Waals surface area contributed by atoms with Crippen LogP contribution in [0.25, 0.3) is 0 Å². The van der Waals surface area contributed by atoms with E-state index in [1.165, 1.54) is 41.8 Å². The van der Waals surface area contributed by atoms with Crippen molar-refractivity contribution in [2.24, 2.45) is 0 Å². The van der Waals surface area contributed by atoms with Gasteiger partial charge in [0, 0.05) is 18.8 Å². The van der Waals surface area contributed by atoms with Crippen LogP contribution >= 0.6 is 0 Å². The van der Waals surface area contributed by atoms with Crippen LogP contribution in [-0.4, -0.2) is 31.6 Å². The predicted molar refractivity (Wildman–Crippen MR) is 95.0 cm³/mol. The molecular weight excluding hydrogens is 340 g/mol. The molecule has 8 heteroatoms. The maximum absolute atomic E-state index is 12.7. The summed E-state index contributed by atoms with van der Waals surface area (Å²) in [5.41, 5.74) is 1.44. The van der Waals surface area contributed by atoms with E-state index in [4.69, 9.17) is 0 Å². The molecule has 3 rings (SSSR count). The van der Waals surface area contributed by atoms with Gasteiger partial charge in [-0.1, -0.05) is 18.2 Å². The summed E-state index contributed by atoms with van der Waals surface area (Å²) in [7, 11) is -2.21. The fourth-order valence-electron chi connectivity index (χ4n) is 2.24. The predicted octanol–water partition coefficient (Wildman–Crippen LogP) is 2.49. The molecule has 1 amide bonds. The number of nitrogens with zero attached hydrogens (tertiary/aromatic N) is 2. The van der Waals surface area contributed by atoms with Crippen LogP contribution in [0, 0.1) is 0 Å². The van der Waals surface area contributed by atoms with Crippen LogP contribution in [0.2, 0.25) is 0 Å². The Hall–Kier alpha value is -3.13. The molecule has 0 fully saturated rings. The Morgan fingerprint density at radius 3 is 2.36 bits per heavy atom. The van der Waals surface area contributed by atoms with E-state index < -0.39 is 10.0 Å². The average Bonchev–Trinajstić information content (AvgIpc) is 3.15. The number of aromatic amines is 1. The molecule has 0 saturated carbocycles. The van der Waals surface area contributed by atoms with Crippen molar-refractivity contribution in [2.45, 2.75) is 4.90 Å². The topological polar surface area (TPSA) is 95.2 Å². The number of aromatic nitrogens is 2. The highest BCUT2D eigenvalue weighted by atomic mass is 32.2. The zero-order valence-corrected chi connectivity index (χ0v) is 14.2. The Morgan fingerprint density at radius 1 is 1.08 bits per heavy atom. The number of rotatable bonds is 5. The highest BCUT2D eigenvalue weighted by Gasteiger charge is 2.21. The number of benzene rings is 2. The molecule has 2 aromatic carbocycles. The van der Waals surface area contributed by atoms with Crippen LogP contribution in [0.3, 0.4) is 0 Å². The molecule has 0 spiro atoms. The molecule has 128 valence electrons. The first-order valence-corrected chi connectivity index (χ1v) is 8.86. The minimum Gasteiger partial charge on any atom is -0.319 e. The maximum Gasteiger partial charge on any atom is 0.264 e. The number of H-pyrrole nitrogens is 1. The molecule has 3 aromatic rings. The van der Waals surface area contributed by atoms with E-state index in [1.54, 1.807) is 30.5 Å². The molecule has 0 unspecified atom stereocenters. The van der Waals surface area contributed by atoms with Crippen molar-refractivity contribution in [3.8, 4) is 0 Å². The molecule has 1 aromatic heterocycles. The summed E-state index contributed by atoms with van der Waals surface area (Å²) in [6.45, 7) is 0. The number of sulfonamides is 1. The third-order valence-corrected chi connectivity index (χ3v) is 5.45. The number of nitrogens with one attached hydrogen (secondary N) is 2. The van der Waals surface area contributed by atoms with Gasteiger partial charge in [-0.2, -0.15) is 5.10 Å². The van der Waals surface area contributed by atoms with Gasteiger partial charge in [-0.25, -0.2) is 8.42 Å². The van der Waals surface area contributed by atoms with E-state index in [9.17, 15) is 13.2 Å². The fourth-order valence-corrected chi connectivity index (χ4v) is 3.43. The SMILES string of the molecule is CN(c1ccccc1)S(=O)(=O)c1ccc(C(=O)Nc2cn[nH]c2)cc1. The van der Waals surface area contributed by atoms with Gasteiger partial charge in [0.1, 0.15) is 0 Å². The van der Waals surface area contributed by atoms with Crippen LogP contribution in [0.1, 0.15) is 10.4 Å². The van der Waals surface area contributed by atoms with Crippen LogP contribution < -0.4 is 9.62 Å². The molecule has 0 aliphatic heterocycles. The molecule has 1 heterocycles. The van der Waals surface area contributed by atoms with Gasteiger partial charge in [-0.3, -0.25) is 14.2 Å². The summed E-state index contributed by atoms with van der Waals surface area (Å²) < 4.78 is 26.6. The minimum absolute atomic E-state index is 0.110. The van der Waals surface area contributed by atoms with Gasteiger partial charge in [0.2, 0.25) is 0 Å². The Labute approximate surface area is 145 Å². The van der Waals surface area contributed by atoms with Crippen LogP contribution in [-0.2, 0) is 10.0 Å². The number of anilines is 2. The third kappa shape index (κ3) is 3.53. The van der Waals surface area contributed by atoms with Crippen molar-refractivity contribution in [3.05, 3.63) is 72.6 Å². The van der Waals surface area contributed by atoms with Gasteiger partial charge < -0.3 is 5.32 Å². The van der Waals surface area contributed by atoms with Gasteiger partial charge in [-0.05, 0) is 36.4 Å². The zero-order valence-electron chi connectivity index (χ0n) is 13.4. The van der Waals surface area contributed by atoms with Crippen LogP contribution in [0.5, 0.6) is 0 Å². The monoisotopic (exact) mass is 356 g/mol. The maximum atomic E-state index is 12.7. The second-order valence-corrected chi connectivity index (χ2v) is 7.24. The molecule has 0 bridgehead atoms. The molecule has 0 saturated heterocycles. The molecule has 0 atom stereocenters. The summed E-state index contributed by atoms with van der Waals surface area (Å²) in [5, 5.41) is 8.99. The minimum atomic E-state index is -3.70. The van der Waals surface area contributed by atoms with Crippen molar-refractivity contribution in [1.29, 1.82) is 0 Å². The molecular formula is C17H16N4O3S. The van der Waals surface area contributed by atoms with E-state index in [0.717, 1.165) is 0 Å². The Morgan fingerprint density at radius 2 is 1.76 bits per heavy atom. The summed E-state index contributed by atoms with van der Waals surface area (Å²) >= 11 is 0. The Kier molecular flexibility index (Phi) is 4.53. The number of carbonyl (C=O) groups excluding carboxylic acids is 1. The highest BCUT2D eigenvalue weighted by Crippen LogP contribution is 2.22. The van der Waals surface area contributed by atoms with Crippen LogP contribution in [0.4, 0.5) is 11.4 Å². The normalized spacial score (nSPS) is 11.1. The standard InChI is InChI=1S/C17H16N4O3S/c1-21(15-5-3-2-4-6-15)25(23,24)16-9-7-13(8-10-16)17(22)20-14-11-18-19-12-14/h2-12H,1H3,(H,18,19)(H,20,22). The van der Waals surface area contributed by atoms with Crippen molar-refractivity contribution in [1.82, 2.24) is 10.2 Å². The molecule has 7 nitrogen and oxygen atoms in total. The lowest BCUT2D eigenvalue weighted by molar-refractivity contribution is 0.102. The lowest BCUT2D eigenvalue weighted by atomic mass is 10.2. The van der Waals surface area contributed by atoms with Crippen molar-refractivity contribution in [3.63, 3.8) is 0 Å². The number of para-hydroxylation sites is 1. The van der Waals surface area contributed by atoms with Crippen molar-refractivity contribution in [2.75, 3.05) is 16.7 Å². The largest absolute Gasteiger partial charge is 0.319 e.